The summed E-state index contributed by atoms with van der Waals surface area (Å²) in [6, 6.07) is 3.56. The maximum atomic E-state index is 12.0. The number of carbonyl (C=O) groups is 1. The van der Waals surface area contributed by atoms with Crippen LogP contribution >= 0.6 is 0 Å². The lowest BCUT2D eigenvalue weighted by Gasteiger charge is -2.16. The topological polar surface area (TPSA) is 71.6 Å². The summed E-state index contributed by atoms with van der Waals surface area (Å²) in [6.45, 7) is 1.92. The molecule has 2 rings (SSSR count). The number of anilines is 1. The first kappa shape index (κ1) is 11.5. The van der Waals surface area contributed by atoms with Crippen LogP contribution in [0.5, 0.6) is 0 Å². The van der Waals surface area contributed by atoms with Gasteiger partial charge in [-0.15, -0.1) is 0 Å². The highest BCUT2D eigenvalue weighted by atomic mass is 16.2. The molecule has 2 N–H and O–H groups in total. The maximum absolute atomic E-state index is 12.0. The van der Waals surface area contributed by atoms with Gasteiger partial charge in [-0.3, -0.25) is 9.79 Å². The smallest absolute Gasteiger partial charge is 0.265 e. The second-order valence-electron chi connectivity index (χ2n) is 3.85. The molecule has 0 unspecified atom stereocenters. The van der Waals surface area contributed by atoms with E-state index in [0.717, 1.165) is 23.4 Å². The minimum absolute atomic E-state index is 0.336. The summed E-state index contributed by atoms with van der Waals surface area (Å²) in [5, 5.41) is 1.02. The van der Waals surface area contributed by atoms with Gasteiger partial charge in [0.15, 0.2) is 0 Å². The molecule has 0 spiro atoms. The van der Waals surface area contributed by atoms with Crippen molar-refractivity contribution < 1.29 is 4.79 Å². The van der Waals surface area contributed by atoms with E-state index in [1.807, 2.05) is 13.0 Å². The normalized spacial score (nSPS) is 14.4. The Labute approximate surface area is 99.6 Å². The molecule has 1 amide bonds. The summed E-state index contributed by atoms with van der Waals surface area (Å²) < 4.78 is 0. The Kier molecular flexibility index (Phi) is 3.30. The fourth-order valence-corrected chi connectivity index (χ4v) is 1.48. The van der Waals surface area contributed by atoms with E-state index in [1.165, 1.54) is 0 Å². The second kappa shape index (κ2) is 4.88. The van der Waals surface area contributed by atoms with E-state index in [9.17, 15) is 4.79 Å². The van der Waals surface area contributed by atoms with Crippen molar-refractivity contribution >= 4 is 17.9 Å². The third kappa shape index (κ3) is 2.57. The molecule has 0 bridgehead atoms. The lowest BCUT2D eigenvalue weighted by Crippen LogP contribution is -2.39. The number of hydrogen-bond acceptors (Lipinski definition) is 4. The van der Waals surface area contributed by atoms with Crippen molar-refractivity contribution in [1.29, 1.82) is 0 Å². The molecule has 1 aliphatic heterocycles. The number of allylic oxidation sites excluding steroid dienone is 1. The molecule has 1 aliphatic rings. The highest BCUT2D eigenvalue weighted by Gasteiger charge is 2.18. The van der Waals surface area contributed by atoms with E-state index in [4.69, 9.17) is 5.84 Å². The fourth-order valence-electron chi connectivity index (χ4n) is 1.48. The van der Waals surface area contributed by atoms with E-state index in [2.05, 4.69) is 9.98 Å². The molecule has 0 saturated heterocycles. The van der Waals surface area contributed by atoms with Crippen LogP contribution < -0.4 is 10.9 Å². The van der Waals surface area contributed by atoms with E-state index >= 15 is 0 Å². The first-order valence-electron chi connectivity index (χ1n) is 5.43. The lowest BCUT2D eigenvalue weighted by molar-refractivity contribution is -0.115. The van der Waals surface area contributed by atoms with Gasteiger partial charge in [0.2, 0.25) is 0 Å². The molecular weight excluding hydrogens is 216 g/mol. The SMILES string of the molecule is Cc1ccc(N(N)C(=O)C2=CCCC=N2)nc1. The van der Waals surface area contributed by atoms with Crippen molar-refractivity contribution in [1.82, 2.24) is 4.98 Å². The Bertz CT molecular complexity index is 476. The van der Waals surface area contributed by atoms with Gasteiger partial charge in [0.05, 0.1) is 0 Å². The molecule has 2 heterocycles. The van der Waals surface area contributed by atoms with Gasteiger partial charge in [0.1, 0.15) is 11.5 Å². The molecule has 0 radical (unpaired) electrons. The number of pyridine rings is 1. The highest BCUT2D eigenvalue weighted by Crippen LogP contribution is 2.13. The van der Waals surface area contributed by atoms with Gasteiger partial charge < -0.3 is 0 Å². The van der Waals surface area contributed by atoms with Crippen LogP contribution in [-0.4, -0.2) is 17.1 Å². The van der Waals surface area contributed by atoms with Crippen LogP contribution in [0.4, 0.5) is 5.82 Å². The van der Waals surface area contributed by atoms with Crippen molar-refractivity contribution in [3.63, 3.8) is 0 Å². The van der Waals surface area contributed by atoms with Gasteiger partial charge in [-0.1, -0.05) is 12.1 Å². The Morgan fingerprint density at radius 1 is 1.41 bits per heavy atom. The predicted octanol–water partition coefficient (Wildman–Crippen LogP) is 1.35. The molecule has 88 valence electrons. The molecule has 5 nitrogen and oxygen atoms in total. The molecule has 5 heteroatoms. The first-order chi connectivity index (χ1) is 8.18. The van der Waals surface area contributed by atoms with E-state index in [1.54, 1.807) is 24.6 Å². The largest absolute Gasteiger partial charge is 0.292 e. The minimum Gasteiger partial charge on any atom is -0.265 e. The number of hydrazine groups is 1. The van der Waals surface area contributed by atoms with Crippen LogP contribution in [-0.2, 0) is 4.79 Å². The number of aromatic nitrogens is 1. The van der Waals surface area contributed by atoms with E-state index < -0.39 is 0 Å². The third-order valence-corrected chi connectivity index (χ3v) is 2.44. The summed E-state index contributed by atoms with van der Waals surface area (Å²) in [5.74, 6) is 5.81. The molecule has 1 aromatic rings. The number of hydrogen-bond donors (Lipinski definition) is 1. The maximum Gasteiger partial charge on any atom is 0.292 e. The third-order valence-electron chi connectivity index (χ3n) is 2.44. The minimum atomic E-state index is -0.336. The van der Waals surface area contributed by atoms with Gasteiger partial charge in [-0.05, 0) is 31.4 Å². The van der Waals surface area contributed by atoms with Gasteiger partial charge >= 0.3 is 0 Å². The fraction of sp³-hybridized carbons (Fsp3) is 0.250. The molecule has 17 heavy (non-hydrogen) atoms. The molecule has 1 aromatic heterocycles. The Morgan fingerprint density at radius 2 is 2.24 bits per heavy atom. The van der Waals surface area contributed by atoms with Crippen molar-refractivity contribution in [2.45, 2.75) is 19.8 Å². The van der Waals surface area contributed by atoms with Crippen molar-refractivity contribution in [3.05, 3.63) is 35.7 Å². The van der Waals surface area contributed by atoms with Gasteiger partial charge in [-0.2, -0.15) is 0 Å². The summed E-state index contributed by atoms with van der Waals surface area (Å²) in [5.41, 5.74) is 1.39. The number of rotatable bonds is 2. The molecular formula is C12H14N4O. The zero-order valence-corrected chi connectivity index (χ0v) is 9.63. The van der Waals surface area contributed by atoms with Crippen LogP contribution in [0.15, 0.2) is 35.1 Å². The summed E-state index contributed by atoms with van der Waals surface area (Å²) in [6.07, 6.45) is 6.87. The number of aryl methyl sites for hydroxylation is 1. The molecule has 0 aliphatic carbocycles. The molecule has 0 saturated carbocycles. The first-order valence-corrected chi connectivity index (χ1v) is 5.43. The van der Waals surface area contributed by atoms with Crippen LogP contribution in [0.25, 0.3) is 0 Å². The van der Waals surface area contributed by atoms with Crippen LogP contribution in [0.2, 0.25) is 0 Å². The number of nitrogens with two attached hydrogens (primary N) is 1. The predicted molar refractivity (Wildman–Crippen MR) is 66.5 cm³/mol. The highest BCUT2D eigenvalue weighted by molar-refractivity contribution is 6.05. The number of carbonyl (C=O) groups excluding carboxylic acids is 1. The van der Waals surface area contributed by atoms with Crippen molar-refractivity contribution in [2.24, 2.45) is 10.8 Å². The average Bonchev–Trinajstić information content (AvgIpc) is 2.39. The van der Waals surface area contributed by atoms with Crippen LogP contribution in [0, 0.1) is 6.92 Å². The summed E-state index contributed by atoms with van der Waals surface area (Å²) in [4.78, 5) is 20.1. The second-order valence-corrected chi connectivity index (χ2v) is 3.85. The lowest BCUT2D eigenvalue weighted by atomic mass is 10.2. The van der Waals surface area contributed by atoms with Gasteiger partial charge in [0.25, 0.3) is 5.91 Å². The number of nitrogens with zero attached hydrogens (tertiary/aromatic N) is 3. The van der Waals surface area contributed by atoms with Crippen molar-refractivity contribution in [2.75, 3.05) is 5.01 Å². The molecule has 0 fully saturated rings. The monoisotopic (exact) mass is 230 g/mol. The van der Waals surface area contributed by atoms with Gasteiger partial charge in [-0.25, -0.2) is 15.8 Å². The van der Waals surface area contributed by atoms with E-state index in [-0.39, 0.29) is 5.91 Å². The summed E-state index contributed by atoms with van der Waals surface area (Å²) >= 11 is 0. The van der Waals surface area contributed by atoms with Crippen molar-refractivity contribution in [3.8, 4) is 0 Å². The standard InChI is InChI=1S/C12H14N4O/c1-9-5-6-11(15-8-9)16(13)12(17)10-4-2-3-7-14-10/h4-8H,2-3,13H2,1H3. The zero-order chi connectivity index (χ0) is 12.3. The molecule has 0 atom stereocenters. The number of amides is 1. The molecule has 0 aromatic carbocycles. The number of aliphatic imine (C=N–C) groups is 1. The summed E-state index contributed by atoms with van der Waals surface area (Å²) in [7, 11) is 0. The Balaban J connectivity index is 2.17. The van der Waals surface area contributed by atoms with Gasteiger partial charge in [0, 0.05) is 12.4 Å². The Hall–Kier alpha value is -2.01. The Morgan fingerprint density at radius 3 is 2.82 bits per heavy atom. The zero-order valence-electron chi connectivity index (χ0n) is 9.63. The van der Waals surface area contributed by atoms with Crippen LogP contribution in [0.3, 0.4) is 0 Å². The van der Waals surface area contributed by atoms with Crippen LogP contribution in [0.1, 0.15) is 18.4 Å². The quantitative estimate of drug-likeness (QED) is 0.473. The van der Waals surface area contributed by atoms with E-state index in [0.29, 0.717) is 11.5 Å². The average molecular weight is 230 g/mol.